The maximum atomic E-state index is 3.57. The Balaban J connectivity index is 1.82. The lowest BCUT2D eigenvalue weighted by Crippen LogP contribution is -2.37. The van der Waals surface area contributed by atoms with Crippen LogP contribution in [0, 0.1) is 0 Å². The largest absolute Gasteiger partial charge is 0.259 e. The molecule has 0 bridgehead atoms. The van der Waals surface area contributed by atoms with Gasteiger partial charge < -0.3 is 0 Å². The Morgan fingerprint density at radius 3 is 1.96 bits per heavy atom. The van der Waals surface area contributed by atoms with Crippen LogP contribution in [0.4, 0.5) is 0 Å². The van der Waals surface area contributed by atoms with Crippen molar-refractivity contribution < 1.29 is 4.57 Å². The van der Waals surface area contributed by atoms with Gasteiger partial charge in [-0.15, -0.1) is 0 Å². The van der Waals surface area contributed by atoms with Gasteiger partial charge in [-0.1, -0.05) is 89.8 Å². The summed E-state index contributed by atoms with van der Waals surface area (Å²) in [7, 11) is 0. The van der Waals surface area contributed by atoms with E-state index in [1.54, 1.807) is 0 Å². The summed E-state index contributed by atoms with van der Waals surface area (Å²) >= 11 is 0. The number of hydrogen-bond acceptors (Lipinski definition) is 0. The molecule has 0 aliphatic carbocycles. The summed E-state index contributed by atoms with van der Waals surface area (Å²) < 4.78 is 2.46. The van der Waals surface area contributed by atoms with Crippen LogP contribution >= 0.6 is 0 Å². The second-order valence-corrected chi connectivity index (χ2v) is 7.58. The third-order valence-corrected chi connectivity index (χ3v) is 5.28. The molecule has 1 N–H and O–H groups in total. The number of nitrogens with zero attached hydrogens (tertiary/aromatic N) is 1. The molecule has 0 aliphatic heterocycles. The standard InChI is InChI=1S/C24H38N2/c1-3-5-7-8-9-10-11-12-16-20-24-25-21-23(17-6-4-2)26(24)22-18-14-13-15-19-22/h13-15,18-19,21H,3-12,16-17,20H2,1-2H3/p+1. The van der Waals surface area contributed by atoms with Crippen molar-refractivity contribution in [3.05, 3.63) is 48.0 Å². The highest BCUT2D eigenvalue weighted by molar-refractivity contribution is 5.22. The average molecular weight is 356 g/mol. The number of rotatable bonds is 14. The number of aromatic amines is 1. The van der Waals surface area contributed by atoms with Gasteiger partial charge in [0.15, 0.2) is 0 Å². The fourth-order valence-corrected chi connectivity index (χ4v) is 3.70. The Hall–Kier alpha value is -1.57. The first-order valence-electron chi connectivity index (χ1n) is 11.0. The first-order chi connectivity index (χ1) is 12.9. The van der Waals surface area contributed by atoms with Gasteiger partial charge in [0, 0.05) is 12.8 Å². The molecule has 0 atom stereocenters. The Morgan fingerprint density at radius 2 is 1.31 bits per heavy atom. The van der Waals surface area contributed by atoms with E-state index in [0.717, 1.165) is 12.8 Å². The fraction of sp³-hybridized carbons (Fsp3) is 0.625. The van der Waals surface area contributed by atoms with Crippen molar-refractivity contribution in [1.29, 1.82) is 0 Å². The van der Waals surface area contributed by atoms with Gasteiger partial charge in [0.2, 0.25) is 0 Å². The smallest absolute Gasteiger partial charge is 0.247 e. The number of unbranched alkanes of at least 4 members (excludes halogenated alkanes) is 9. The molecule has 2 aromatic rings. The van der Waals surface area contributed by atoms with Gasteiger partial charge in [-0.3, -0.25) is 0 Å². The monoisotopic (exact) mass is 355 g/mol. The summed E-state index contributed by atoms with van der Waals surface area (Å²) in [6, 6.07) is 10.8. The normalized spacial score (nSPS) is 11.2. The number of H-pyrrole nitrogens is 1. The SMILES string of the molecule is CCCCCCCCCCCc1[nH]cc(CCCC)[n+]1-c1ccccc1. The molecule has 0 fully saturated rings. The van der Waals surface area contributed by atoms with Crippen molar-refractivity contribution in [3.63, 3.8) is 0 Å². The summed E-state index contributed by atoms with van der Waals surface area (Å²) in [5, 5.41) is 0. The van der Waals surface area contributed by atoms with Crippen LogP contribution in [0.15, 0.2) is 36.5 Å². The zero-order chi connectivity index (χ0) is 18.5. The summed E-state index contributed by atoms with van der Waals surface area (Å²) in [4.78, 5) is 3.57. The average Bonchev–Trinajstić information content (AvgIpc) is 3.08. The second-order valence-electron chi connectivity index (χ2n) is 7.58. The first kappa shape index (κ1) is 20.7. The van der Waals surface area contributed by atoms with Gasteiger partial charge in [0.1, 0.15) is 17.6 Å². The molecular formula is C24H39N2+. The quantitative estimate of drug-likeness (QED) is 0.287. The van der Waals surface area contributed by atoms with E-state index in [4.69, 9.17) is 0 Å². The topological polar surface area (TPSA) is 19.7 Å². The van der Waals surface area contributed by atoms with Gasteiger partial charge in [0.05, 0.1) is 0 Å². The number of aryl methyl sites for hydroxylation is 2. The third-order valence-electron chi connectivity index (χ3n) is 5.28. The van der Waals surface area contributed by atoms with E-state index in [1.807, 2.05) is 0 Å². The number of benzene rings is 1. The minimum atomic E-state index is 1.15. The van der Waals surface area contributed by atoms with E-state index >= 15 is 0 Å². The minimum Gasteiger partial charge on any atom is -0.247 e. The maximum Gasteiger partial charge on any atom is 0.259 e. The van der Waals surface area contributed by atoms with E-state index in [2.05, 4.69) is 59.9 Å². The number of imidazole rings is 1. The van der Waals surface area contributed by atoms with Gasteiger partial charge in [-0.05, 0) is 25.0 Å². The number of hydrogen-bond donors (Lipinski definition) is 1. The highest BCUT2D eigenvalue weighted by Crippen LogP contribution is 2.12. The van der Waals surface area contributed by atoms with Crippen LogP contribution in [0.5, 0.6) is 0 Å². The lowest BCUT2D eigenvalue weighted by Gasteiger charge is -2.05. The zero-order valence-corrected chi connectivity index (χ0v) is 17.1. The van der Waals surface area contributed by atoms with E-state index in [-0.39, 0.29) is 0 Å². The first-order valence-corrected chi connectivity index (χ1v) is 11.0. The van der Waals surface area contributed by atoms with E-state index < -0.39 is 0 Å². The summed E-state index contributed by atoms with van der Waals surface area (Å²) in [6.07, 6.45) is 19.5. The predicted molar refractivity (Wildman–Crippen MR) is 112 cm³/mol. The molecule has 2 heteroatoms. The molecule has 1 aromatic carbocycles. The summed E-state index contributed by atoms with van der Waals surface area (Å²) in [5.41, 5.74) is 2.72. The molecule has 1 aromatic heterocycles. The lowest BCUT2D eigenvalue weighted by molar-refractivity contribution is -0.611. The van der Waals surface area contributed by atoms with Crippen LogP contribution in [0.1, 0.15) is 96.0 Å². The maximum absolute atomic E-state index is 3.57. The molecule has 2 nitrogen and oxygen atoms in total. The van der Waals surface area contributed by atoms with Crippen molar-refractivity contribution in [3.8, 4) is 5.69 Å². The molecular weight excluding hydrogens is 316 g/mol. The van der Waals surface area contributed by atoms with E-state index in [0.29, 0.717) is 0 Å². The van der Waals surface area contributed by atoms with E-state index in [1.165, 1.54) is 87.8 Å². The fourth-order valence-electron chi connectivity index (χ4n) is 3.70. The molecule has 0 saturated heterocycles. The minimum absolute atomic E-state index is 1.15. The second kappa shape index (κ2) is 12.7. The molecule has 0 aliphatic rings. The molecule has 2 rings (SSSR count). The Bertz CT molecular complexity index is 586. The molecule has 0 saturated carbocycles. The molecule has 0 radical (unpaired) electrons. The van der Waals surface area contributed by atoms with E-state index in [9.17, 15) is 0 Å². The van der Waals surface area contributed by atoms with Crippen LogP contribution in [0.25, 0.3) is 5.69 Å². The van der Waals surface area contributed by atoms with Crippen molar-refractivity contribution in [2.45, 2.75) is 97.3 Å². The summed E-state index contributed by atoms with van der Waals surface area (Å²) in [6.45, 7) is 4.55. The van der Waals surface area contributed by atoms with Crippen LogP contribution in [-0.2, 0) is 12.8 Å². The summed E-state index contributed by atoms with van der Waals surface area (Å²) in [5.74, 6) is 1.37. The third kappa shape index (κ3) is 6.97. The Morgan fingerprint density at radius 1 is 0.692 bits per heavy atom. The highest BCUT2D eigenvalue weighted by Gasteiger charge is 2.18. The molecule has 26 heavy (non-hydrogen) atoms. The van der Waals surface area contributed by atoms with Gasteiger partial charge in [-0.25, -0.2) is 4.98 Å². The van der Waals surface area contributed by atoms with Gasteiger partial charge in [0.25, 0.3) is 5.82 Å². The number of nitrogens with one attached hydrogen (secondary N) is 1. The molecule has 144 valence electrons. The van der Waals surface area contributed by atoms with Crippen molar-refractivity contribution in [1.82, 2.24) is 4.98 Å². The Labute approximate surface area is 161 Å². The highest BCUT2D eigenvalue weighted by atomic mass is 15.1. The number of para-hydroxylation sites is 1. The van der Waals surface area contributed by atoms with Crippen molar-refractivity contribution in [2.24, 2.45) is 0 Å². The predicted octanol–water partition coefficient (Wildman–Crippen LogP) is 6.71. The van der Waals surface area contributed by atoms with Gasteiger partial charge in [-0.2, -0.15) is 4.57 Å². The Kier molecular flexibility index (Phi) is 10.2. The van der Waals surface area contributed by atoms with Crippen molar-refractivity contribution >= 4 is 0 Å². The van der Waals surface area contributed by atoms with Crippen LogP contribution < -0.4 is 4.57 Å². The number of aromatic nitrogens is 2. The molecule has 0 unspecified atom stereocenters. The zero-order valence-electron chi connectivity index (χ0n) is 17.1. The lowest BCUT2D eigenvalue weighted by atomic mass is 10.1. The van der Waals surface area contributed by atoms with Crippen molar-refractivity contribution in [2.75, 3.05) is 0 Å². The van der Waals surface area contributed by atoms with Gasteiger partial charge >= 0.3 is 0 Å². The molecule has 0 amide bonds. The van der Waals surface area contributed by atoms with Crippen LogP contribution in [0.3, 0.4) is 0 Å². The van der Waals surface area contributed by atoms with Crippen LogP contribution in [-0.4, -0.2) is 4.98 Å². The molecule has 0 spiro atoms. The van der Waals surface area contributed by atoms with Crippen LogP contribution in [0.2, 0.25) is 0 Å². The molecule has 1 heterocycles.